The van der Waals surface area contributed by atoms with Gasteiger partial charge in [0, 0.05) is 25.4 Å². The summed E-state index contributed by atoms with van der Waals surface area (Å²) in [6.45, 7) is -0.491. The average molecular weight is 753 g/mol. The molecular weight excluding hydrogens is 735 g/mol. The molecule has 3 aromatic carbocycles. The minimum Gasteiger partial charge on any atom is -0.325 e. The lowest BCUT2D eigenvalue weighted by Gasteiger charge is -2.30. The van der Waals surface area contributed by atoms with Crippen LogP contribution >= 0.6 is 55.0 Å². The number of amides is 3. The molecule has 3 atom stereocenters. The highest BCUT2D eigenvalue weighted by atomic mass is 79.9. The Morgan fingerprint density at radius 3 is 2.33 bits per heavy atom. The molecule has 3 amide bonds. The van der Waals surface area contributed by atoms with Crippen molar-refractivity contribution < 1.29 is 27.6 Å². The van der Waals surface area contributed by atoms with Gasteiger partial charge in [0.1, 0.15) is 11.8 Å². The maximum atomic E-state index is 13.9. The number of alkyl halides is 3. The third-order valence-corrected chi connectivity index (χ3v) is 10.7. The smallest absolute Gasteiger partial charge is 0.325 e. The first-order chi connectivity index (χ1) is 20.4. The number of imide groups is 1. The number of anilines is 2. The van der Waals surface area contributed by atoms with E-state index in [1.54, 1.807) is 30.3 Å². The van der Waals surface area contributed by atoms with Crippen molar-refractivity contribution in [1.82, 2.24) is 4.57 Å². The predicted octanol–water partition coefficient (Wildman–Crippen LogP) is 6.89. The Morgan fingerprint density at radius 1 is 0.907 bits per heavy atom. The summed E-state index contributed by atoms with van der Waals surface area (Å²) in [4.78, 5) is 55.2. The van der Waals surface area contributed by atoms with Crippen molar-refractivity contribution in [2.24, 2.45) is 5.92 Å². The van der Waals surface area contributed by atoms with Gasteiger partial charge in [-0.1, -0.05) is 73.2 Å². The Bertz CT molecular complexity index is 1840. The number of hydrogen-bond donors (Lipinski definition) is 1. The van der Waals surface area contributed by atoms with Crippen molar-refractivity contribution in [1.29, 1.82) is 0 Å². The Hall–Kier alpha value is -3.20. The monoisotopic (exact) mass is 751 g/mol. The first-order valence-corrected chi connectivity index (χ1v) is 16.0. The number of hydrogen-bond acceptors (Lipinski definition) is 6. The fourth-order valence-corrected chi connectivity index (χ4v) is 8.73. The highest BCUT2D eigenvalue weighted by Gasteiger charge is 2.56. The number of benzene rings is 3. The lowest BCUT2D eigenvalue weighted by Crippen LogP contribution is -2.33. The predicted molar refractivity (Wildman–Crippen MR) is 164 cm³/mol. The van der Waals surface area contributed by atoms with Crippen LogP contribution in [0.25, 0.3) is 0 Å². The van der Waals surface area contributed by atoms with Crippen LogP contribution in [-0.4, -0.2) is 27.5 Å². The van der Waals surface area contributed by atoms with Gasteiger partial charge in [0.15, 0.2) is 0 Å². The molecule has 1 fully saturated rings. The van der Waals surface area contributed by atoms with Gasteiger partial charge in [-0.25, -0.2) is 4.90 Å². The topological polar surface area (TPSA) is 88.5 Å². The van der Waals surface area contributed by atoms with E-state index in [0.29, 0.717) is 21.2 Å². The summed E-state index contributed by atoms with van der Waals surface area (Å²) in [6.07, 6.45) is -4.59. The fourth-order valence-electron chi connectivity index (χ4n) is 5.28. The van der Waals surface area contributed by atoms with Crippen molar-refractivity contribution >= 4 is 84.1 Å². The van der Waals surface area contributed by atoms with E-state index in [1.165, 1.54) is 21.6 Å². The number of nitrogens with zero attached hydrogens (tertiary/aromatic N) is 2. The van der Waals surface area contributed by atoms with Crippen molar-refractivity contribution in [3.63, 3.8) is 0 Å². The second-order valence-electron chi connectivity index (χ2n) is 9.84. The van der Waals surface area contributed by atoms with Crippen LogP contribution in [0.1, 0.15) is 21.9 Å². The third-order valence-electron chi connectivity index (χ3n) is 7.12. The van der Waals surface area contributed by atoms with Gasteiger partial charge < -0.3 is 5.32 Å². The summed E-state index contributed by atoms with van der Waals surface area (Å²) in [5, 5.41) is 1.93. The zero-order valence-electron chi connectivity index (χ0n) is 21.6. The van der Waals surface area contributed by atoms with E-state index >= 15 is 0 Å². The maximum Gasteiger partial charge on any atom is 0.416 e. The molecule has 6 rings (SSSR count). The van der Waals surface area contributed by atoms with Crippen LogP contribution in [0.5, 0.6) is 0 Å². The molecule has 43 heavy (non-hydrogen) atoms. The molecule has 0 radical (unpaired) electrons. The highest BCUT2D eigenvalue weighted by Crippen LogP contribution is 2.54. The third kappa shape index (κ3) is 5.61. The van der Waals surface area contributed by atoms with Crippen LogP contribution < -0.4 is 15.1 Å². The minimum atomic E-state index is -4.59. The van der Waals surface area contributed by atoms with E-state index in [-0.39, 0.29) is 5.69 Å². The van der Waals surface area contributed by atoms with Gasteiger partial charge in [-0.05, 0) is 60.2 Å². The molecule has 0 spiro atoms. The van der Waals surface area contributed by atoms with Gasteiger partial charge in [0.25, 0.3) is 0 Å². The number of halogens is 5. The lowest BCUT2D eigenvalue weighted by molar-refractivity contribution is -0.137. The Morgan fingerprint density at radius 2 is 1.63 bits per heavy atom. The summed E-state index contributed by atoms with van der Waals surface area (Å²) in [6, 6.07) is 18.3. The number of thiazole rings is 1. The molecule has 7 nitrogen and oxygen atoms in total. The molecule has 1 aromatic heterocycles. The zero-order chi connectivity index (χ0) is 30.6. The molecule has 1 N–H and O–H groups in total. The largest absolute Gasteiger partial charge is 0.416 e. The molecule has 0 saturated carbocycles. The van der Waals surface area contributed by atoms with E-state index < -0.39 is 58.0 Å². The van der Waals surface area contributed by atoms with Gasteiger partial charge in [0.05, 0.1) is 22.2 Å². The first-order valence-electron chi connectivity index (χ1n) is 12.7. The molecule has 0 bridgehead atoms. The Kier molecular flexibility index (Phi) is 7.90. The molecule has 14 heteroatoms. The number of fused-ring (bicyclic) bond motifs is 2. The molecule has 2 aliphatic rings. The second kappa shape index (κ2) is 11.4. The van der Waals surface area contributed by atoms with Crippen molar-refractivity contribution in [3.8, 4) is 0 Å². The SMILES string of the molecule is O=C(Cn1c2c(sc1=O)[C@H](c1cccc(Br)c1)C1C(=O)N(c3ccc(Br)cc3)C(=O)C1S2)Nc1cccc(C(F)(F)F)c1. The summed E-state index contributed by atoms with van der Waals surface area (Å²) in [7, 11) is 0. The van der Waals surface area contributed by atoms with Gasteiger partial charge in [-0.15, -0.1) is 0 Å². The van der Waals surface area contributed by atoms with E-state index in [1.807, 2.05) is 18.2 Å². The van der Waals surface area contributed by atoms with Gasteiger partial charge >= 0.3 is 11.0 Å². The molecule has 4 aromatic rings. The van der Waals surface area contributed by atoms with E-state index in [9.17, 15) is 32.3 Å². The van der Waals surface area contributed by atoms with Crippen molar-refractivity contribution in [3.05, 3.63) is 107 Å². The van der Waals surface area contributed by atoms with E-state index in [4.69, 9.17) is 0 Å². The first kappa shape index (κ1) is 29.9. The summed E-state index contributed by atoms with van der Waals surface area (Å²) < 4.78 is 42.2. The number of carbonyl (C=O) groups excluding carboxylic acids is 3. The van der Waals surface area contributed by atoms with Crippen LogP contribution in [0.2, 0.25) is 0 Å². The zero-order valence-corrected chi connectivity index (χ0v) is 26.4. The summed E-state index contributed by atoms with van der Waals surface area (Å²) in [5.41, 5.74) is 0.140. The van der Waals surface area contributed by atoms with Crippen molar-refractivity contribution in [2.45, 2.75) is 28.9 Å². The standard InChI is InChI=1S/C29H18Br2F3N3O4S2/c30-16-7-9-19(10-8-16)37-25(39)22-21(14-3-1-5-17(31)11-14)24-27(42-23(22)26(37)40)36(28(41)43-24)13-20(38)35-18-6-2-4-15(12-18)29(32,33)34/h1-12,21-23H,13H2,(H,35,38)/t21-,22?,23?/m1/s1. The lowest BCUT2D eigenvalue weighted by atomic mass is 9.83. The van der Waals surface area contributed by atoms with E-state index in [2.05, 4.69) is 37.2 Å². The summed E-state index contributed by atoms with van der Waals surface area (Å²) >= 11 is 8.77. The van der Waals surface area contributed by atoms with Crippen LogP contribution in [0.3, 0.4) is 0 Å². The second-order valence-corrected chi connectivity index (χ2v) is 13.8. The molecule has 1 saturated heterocycles. The molecule has 0 aliphatic carbocycles. The van der Waals surface area contributed by atoms with Crippen LogP contribution in [0.15, 0.2) is 91.6 Å². The number of aromatic nitrogens is 1. The normalized spacial score (nSPS) is 19.7. The number of carbonyl (C=O) groups is 3. The molecule has 220 valence electrons. The Labute approximate surface area is 267 Å². The molecule has 3 heterocycles. The molecule has 2 unspecified atom stereocenters. The molecule has 2 aliphatic heterocycles. The van der Waals surface area contributed by atoms with Crippen molar-refractivity contribution in [2.75, 3.05) is 10.2 Å². The quantitative estimate of drug-likeness (QED) is 0.225. The van der Waals surface area contributed by atoms with Gasteiger partial charge in [-0.3, -0.25) is 23.7 Å². The number of nitrogens with one attached hydrogen (secondary N) is 1. The summed E-state index contributed by atoms with van der Waals surface area (Å²) in [5.74, 6) is -3.01. The average Bonchev–Trinajstić information content (AvgIpc) is 3.39. The van der Waals surface area contributed by atoms with Crippen LogP contribution in [-0.2, 0) is 27.1 Å². The Balaban J connectivity index is 1.38. The molecular formula is C29H18Br2F3N3O4S2. The highest BCUT2D eigenvalue weighted by molar-refractivity contribution is 9.10. The number of thioether (sulfide) groups is 1. The van der Waals surface area contributed by atoms with Crippen LogP contribution in [0, 0.1) is 5.92 Å². The number of rotatable bonds is 5. The van der Waals surface area contributed by atoms with E-state index in [0.717, 1.165) is 44.2 Å². The maximum absolute atomic E-state index is 13.9. The minimum absolute atomic E-state index is 0.0709. The van der Waals surface area contributed by atoms with Gasteiger partial charge in [0.2, 0.25) is 17.7 Å². The van der Waals surface area contributed by atoms with Gasteiger partial charge in [-0.2, -0.15) is 13.2 Å². The van der Waals surface area contributed by atoms with Crippen LogP contribution in [0.4, 0.5) is 24.5 Å². The fraction of sp³-hybridized carbons (Fsp3) is 0.172.